The summed E-state index contributed by atoms with van der Waals surface area (Å²) in [6.45, 7) is 3.05. The highest BCUT2D eigenvalue weighted by atomic mass is 35.5. The van der Waals surface area contributed by atoms with Crippen molar-refractivity contribution in [2.45, 2.75) is 31.4 Å². The van der Waals surface area contributed by atoms with Gasteiger partial charge in [-0.15, -0.1) is 0 Å². The van der Waals surface area contributed by atoms with E-state index in [2.05, 4.69) is 5.32 Å². The van der Waals surface area contributed by atoms with Crippen LogP contribution in [0.1, 0.15) is 19.3 Å². The Morgan fingerprint density at radius 3 is 2.76 bits per heavy atom. The summed E-state index contributed by atoms with van der Waals surface area (Å²) in [5.41, 5.74) is 0. The molecular weight excluding hydrogens is 401 g/mol. The van der Waals surface area contributed by atoms with Crippen LogP contribution in [-0.2, 0) is 9.53 Å². The van der Waals surface area contributed by atoms with Crippen LogP contribution in [0.15, 0.2) is 18.2 Å². The Kier molecular flexibility index (Phi) is 6.10. The standard InChI is InChI=1S/C20H25ClFN3O4/c21-15-9-14(22)1-2-17(15)28-11-13-3-6-24(7-4-13)20(27)25-8-5-18-16(10-25)23-19(26)12-29-18/h1-2,9,13,16,18H,3-8,10-12H2,(H,23,26)/t16-,18+/m0/s1. The Morgan fingerprint density at radius 2 is 2.00 bits per heavy atom. The minimum Gasteiger partial charge on any atom is -0.492 e. The van der Waals surface area contributed by atoms with Crippen LogP contribution in [0, 0.1) is 11.7 Å². The quantitative estimate of drug-likeness (QED) is 0.806. The first-order valence-corrected chi connectivity index (χ1v) is 10.4. The average molecular weight is 426 g/mol. The van der Waals surface area contributed by atoms with Gasteiger partial charge in [0.2, 0.25) is 5.91 Å². The van der Waals surface area contributed by atoms with Gasteiger partial charge >= 0.3 is 6.03 Å². The largest absolute Gasteiger partial charge is 0.492 e. The maximum Gasteiger partial charge on any atom is 0.320 e. The number of piperidine rings is 2. The number of amides is 3. The normalized spacial score (nSPS) is 25.4. The molecule has 0 aromatic heterocycles. The van der Waals surface area contributed by atoms with E-state index in [1.54, 1.807) is 0 Å². The molecular formula is C20H25ClFN3O4. The number of nitrogens with zero attached hydrogens (tertiary/aromatic N) is 2. The number of hydrogen-bond donors (Lipinski definition) is 1. The number of morpholine rings is 1. The van der Waals surface area contributed by atoms with Crippen LogP contribution in [-0.4, -0.2) is 73.3 Å². The van der Waals surface area contributed by atoms with Crippen LogP contribution in [0.2, 0.25) is 5.02 Å². The van der Waals surface area contributed by atoms with Gasteiger partial charge in [-0.1, -0.05) is 11.6 Å². The second-order valence-electron chi connectivity index (χ2n) is 7.86. The minimum atomic E-state index is -0.391. The number of likely N-dealkylation sites (tertiary alicyclic amines) is 2. The molecule has 3 aliphatic heterocycles. The Balaban J connectivity index is 1.24. The zero-order valence-electron chi connectivity index (χ0n) is 16.1. The molecule has 9 heteroatoms. The van der Waals surface area contributed by atoms with E-state index in [1.807, 2.05) is 9.80 Å². The first-order chi connectivity index (χ1) is 14.0. The highest BCUT2D eigenvalue weighted by Crippen LogP contribution is 2.27. The molecule has 0 unspecified atom stereocenters. The van der Waals surface area contributed by atoms with E-state index in [-0.39, 0.29) is 35.7 Å². The smallest absolute Gasteiger partial charge is 0.320 e. The van der Waals surface area contributed by atoms with Crippen LogP contribution in [0.4, 0.5) is 9.18 Å². The molecule has 1 aromatic carbocycles. The number of carbonyl (C=O) groups excluding carboxylic acids is 2. The molecule has 2 atom stereocenters. The van der Waals surface area contributed by atoms with Crippen molar-refractivity contribution in [3.63, 3.8) is 0 Å². The van der Waals surface area contributed by atoms with Crippen molar-refractivity contribution in [1.82, 2.24) is 15.1 Å². The van der Waals surface area contributed by atoms with Crippen molar-refractivity contribution in [2.75, 3.05) is 39.4 Å². The molecule has 29 heavy (non-hydrogen) atoms. The molecule has 3 heterocycles. The van der Waals surface area contributed by atoms with Gasteiger partial charge in [0.05, 0.1) is 23.8 Å². The Morgan fingerprint density at radius 1 is 1.24 bits per heavy atom. The third kappa shape index (κ3) is 4.75. The SMILES string of the molecule is O=C1CO[C@@H]2CCN(C(=O)N3CCC(COc4ccc(F)cc4Cl)CC3)C[C@@H]2N1. The molecule has 158 valence electrons. The van der Waals surface area contributed by atoms with Gasteiger partial charge < -0.3 is 24.6 Å². The summed E-state index contributed by atoms with van der Waals surface area (Å²) in [7, 11) is 0. The Hall–Kier alpha value is -2.06. The molecule has 3 aliphatic rings. The van der Waals surface area contributed by atoms with Crippen molar-refractivity contribution >= 4 is 23.5 Å². The number of nitrogens with one attached hydrogen (secondary N) is 1. The molecule has 1 N–H and O–H groups in total. The fourth-order valence-electron chi connectivity index (χ4n) is 4.16. The van der Waals surface area contributed by atoms with Crippen molar-refractivity contribution in [3.8, 4) is 5.75 Å². The second kappa shape index (κ2) is 8.75. The van der Waals surface area contributed by atoms with Crippen molar-refractivity contribution in [2.24, 2.45) is 5.92 Å². The number of carbonyl (C=O) groups is 2. The van der Waals surface area contributed by atoms with Gasteiger partial charge in [-0.3, -0.25) is 4.79 Å². The van der Waals surface area contributed by atoms with Crippen LogP contribution < -0.4 is 10.1 Å². The topological polar surface area (TPSA) is 71.1 Å². The zero-order chi connectivity index (χ0) is 20.4. The molecule has 3 amide bonds. The van der Waals surface area contributed by atoms with Crippen LogP contribution in [0.25, 0.3) is 0 Å². The van der Waals surface area contributed by atoms with Gasteiger partial charge in [0.25, 0.3) is 0 Å². The Bertz CT molecular complexity index is 772. The fourth-order valence-corrected chi connectivity index (χ4v) is 4.39. The summed E-state index contributed by atoms with van der Waals surface area (Å²) in [6.07, 6.45) is 2.41. The molecule has 0 spiro atoms. The monoisotopic (exact) mass is 425 g/mol. The highest BCUT2D eigenvalue weighted by Gasteiger charge is 2.38. The lowest BCUT2D eigenvalue weighted by Gasteiger charge is -2.43. The van der Waals surface area contributed by atoms with E-state index in [9.17, 15) is 14.0 Å². The summed E-state index contributed by atoms with van der Waals surface area (Å²) in [5.74, 6) is 0.281. The van der Waals surface area contributed by atoms with E-state index < -0.39 is 5.82 Å². The predicted molar refractivity (Wildman–Crippen MR) is 104 cm³/mol. The molecule has 7 nitrogen and oxygen atoms in total. The molecule has 0 bridgehead atoms. The maximum atomic E-state index is 13.1. The summed E-state index contributed by atoms with van der Waals surface area (Å²) < 4.78 is 24.4. The van der Waals surface area contributed by atoms with Gasteiger partial charge in [-0.25, -0.2) is 9.18 Å². The second-order valence-corrected chi connectivity index (χ2v) is 8.26. The highest BCUT2D eigenvalue weighted by molar-refractivity contribution is 6.32. The summed E-state index contributed by atoms with van der Waals surface area (Å²) in [5, 5.41) is 3.19. The van der Waals surface area contributed by atoms with Gasteiger partial charge in [0, 0.05) is 26.2 Å². The molecule has 3 saturated heterocycles. The lowest BCUT2D eigenvalue weighted by molar-refractivity contribution is -0.139. The van der Waals surface area contributed by atoms with Gasteiger partial charge in [-0.05, 0) is 43.4 Å². The predicted octanol–water partition coefficient (Wildman–Crippen LogP) is 2.28. The third-order valence-electron chi connectivity index (χ3n) is 5.85. The first kappa shape index (κ1) is 20.2. The number of fused-ring (bicyclic) bond motifs is 1. The van der Waals surface area contributed by atoms with E-state index in [0.29, 0.717) is 44.5 Å². The van der Waals surface area contributed by atoms with Gasteiger partial charge in [0.15, 0.2) is 0 Å². The lowest BCUT2D eigenvalue weighted by Crippen LogP contribution is -2.62. The summed E-state index contributed by atoms with van der Waals surface area (Å²) in [6, 6.07) is 3.99. The Labute approximate surface area is 174 Å². The van der Waals surface area contributed by atoms with E-state index >= 15 is 0 Å². The van der Waals surface area contributed by atoms with E-state index in [0.717, 1.165) is 19.3 Å². The summed E-state index contributed by atoms with van der Waals surface area (Å²) >= 11 is 6.00. The molecule has 1 aromatic rings. The average Bonchev–Trinajstić information content (AvgIpc) is 2.72. The molecule has 0 aliphatic carbocycles. The number of urea groups is 1. The number of hydrogen-bond acceptors (Lipinski definition) is 4. The number of rotatable bonds is 3. The number of halogens is 2. The molecule has 0 radical (unpaired) electrons. The van der Waals surface area contributed by atoms with Crippen molar-refractivity contribution in [3.05, 3.63) is 29.0 Å². The number of benzene rings is 1. The lowest BCUT2D eigenvalue weighted by atomic mass is 9.97. The van der Waals surface area contributed by atoms with E-state index in [1.165, 1.54) is 18.2 Å². The van der Waals surface area contributed by atoms with Gasteiger partial charge in [-0.2, -0.15) is 0 Å². The first-order valence-electron chi connectivity index (χ1n) is 10.0. The zero-order valence-corrected chi connectivity index (χ0v) is 16.9. The van der Waals surface area contributed by atoms with Crippen molar-refractivity contribution < 1.29 is 23.5 Å². The molecule has 4 rings (SSSR count). The minimum absolute atomic E-state index is 0.00193. The van der Waals surface area contributed by atoms with E-state index in [4.69, 9.17) is 21.1 Å². The fraction of sp³-hybridized carbons (Fsp3) is 0.600. The van der Waals surface area contributed by atoms with Crippen LogP contribution in [0.3, 0.4) is 0 Å². The summed E-state index contributed by atoms with van der Waals surface area (Å²) in [4.78, 5) is 28.1. The molecule has 3 fully saturated rings. The van der Waals surface area contributed by atoms with Crippen molar-refractivity contribution in [1.29, 1.82) is 0 Å². The van der Waals surface area contributed by atoms with Crippen LogP contribution in [0.5, 0.6) is 5.75 Å². The van der Waals surface area contributed by atoms with Gasteiger partial charge in [0.1, 0.15) is 18.2 Å². The molecule has 0 saturated carbocycles. The van der Waals surface area contributed by atoms with Crippen LogP contribution >= 0.6 is 11.6 Å². The number of ether oxygens (including phenoxy) is 2. The third-order valence-corrected chi connectivity index (χ3v) is 6.14. The maximum absolute atomic E-state index is 13.1.